The Balaban J connectivity index is 1.35. The number of amides is 1. The molecule has 1 aliphatic heterocycles. The van der Waals surface area contributed by atoms with Crippen LogP contribution < -0.4 is 4.74 Å². The Hall–Kier alpha value is -4.13. The first-order chi connectivity index (χ1) is 18.6. The lowest BCUT2D eigenvalue weighted by Crippen LogP contribution is -2.29. The van der Waals surface area contributed by atoms with E-state index in [2.05, 4.69) is 15.2 Å². The highest BCUT2D eigenvalue weighted by molar-refractivity contribution is 6.31. The molecule has 5 aromatic rings. The van der Waals surface area contributed by atoms with E-state index in [-0.39, 0.29) is 11.9 Å². The summed E-state index contributed by atoms with van der Waals surface area (Å²) in [6.07, 6.45) is 3.46. The molecule has 1 unspecified atom stereocenters. The van der Waals surface area contributed by atoms with Gasteiger partial charge in [-0.2, -0.15) is 5.10 Å². The van der Waals surface area contributed by atoms with Crippen molar-refractivity contribution >= 4 is 29.1 Å². The Bertz CT molecular complexity index is 1590. The van der Waals surface area contributed by atoms with E-state index in [0.29, 0.717) is 34.6 Å². The van der Waals surface area contributed by atoms with Crippen LogP contribution in [0, 0.1) is 0 Å². The van der Waals surface area contributed by atoms with Crippen LogP contribution in [0.3, 0.4) is 0 Å². The average molecular weight is 541 g/mol. The smallest absolute Gasteiger partial charge is 0.273 e. The second kappa shape index (κ2) is 10.3. The number of benzene rings is 3. The number of halogens is 2. The average Bonchev–Trinajstić information content (AvgIpc) is 3.49. The van der Waals surface area contributed by atoms with Gasteiger partial charge in [0, 0.05) is 45.7 Å². The molecule has 38 heavy (non-hydrogen) atoms. The van der Waals surface area contributed by atoms with Gasteiger partial charge in [-0.1, -0.05) is 65.7 Å². The summed E-state index contributed by atoms with van der Waals surface area (Å²) in [4.78, 5) is 19.6. The van der Waals surface area contributed by atoms with E-state index in [0.717, 1.165) is 33.5 Å². The van der Waals surface area contributed by atoms with Crippen molar-refractivity contribution in [2.45, 2.75) is 19.2 Å². The fourth-order valence-corrected chi connectivity index (χ4v) is 5.06. The molecular weight excluding hydrogens is 519 g/mol. The molecule has 3 aromatic carbocycles. The van der Waals surface area contributed by atoms with Crippen molar-refractivity contribution < 1.29 is 9.53 Å². The van der Waals surface area contributed by atoms with Gasteiger partial charge in [0.05, 0.1) is 11.7 Å². The summed E-state index contributed by atoms with van der Waals surface area (Å²) in [6, 6.07) is 26.4. The monoisotopic (exact) mass is 540 g/mol. The van der Waals surface area contributed by atoms with E-state index in [1.54, 1.807) is 12.4 Å². The minimum absolute atomic E-state index is 0.103. The van der Waals surface area contributed by atoms with Crippen LogP contribution in [0.2, 0.25) is 10.0 Å². The van der Waals surface area contributed by atoms with Gasteiger partial charge in [0.25, 0.3) is 5.91 Å². The van der Waals surface area contributed by atoms with E-state index < -0.39 is 0 Å². The summed E-state index contributed by atoms with van der Waals surface area (Å²) in [5, 5.41) is 8.84. The standard InChI is InChI=1S/C30H22Cl2N4O2/c31-23-9-5-20(6-10-23)27-26-28(35-34-27)30(37)36(17-19-13-15-33-16-14-19)29(26)21-7-11-24(12-8-21)38-18-22-3-1-2-4-25(22)32/h1-16,29H,17-18H2,(H,34,35). The van der Waals surface area contributed by atoms with Crippen LogP contribution in [0.5, 0.6) is 5.75 Å². The highest BCUT2D eigenvalue weighted by atomic mass is 35.5. The third-order valence-electron chi connectivity index (χ3n) is 6.63. The Morgan fingerprint density at radius 3 is 2.37 bits per heavy atom. The molecule has 0 saturated carbocycles. The second-order valence-corrected chi connectivity index (χ2v) is 9.85. The van der Waals surface area contributed by atoms with Crippen LogP contribution >= 0.6 is 23.2 Å². The first kappa shape index (κ1) is 24.2. The number of aromatic amines is 1. The molecule has 188 valence electrons. The fourth-order valence-electron chi connectivity index (χ4n) is 4.74. The summed E-state index contributed by atoms with van der Waals surface area (Å²) in [6.45, 7) is 0.793. The number of carbonyl (C=O) groups excluding carboxylic acids is 1. The largest absolute Gasteiger partial charge is 0.489 e. The van der Waals surface area contributed by atoms with Crippen molar-refractivity contribution in [3.63, 3.8) is 0 Å². The summed E-state index contributed by atoms with van der Waals surface area (Å²) in [7, 11) is 0. The quantitative estimate of drug-likeness (QED) is 0.239. The van der Waals surface area contributed by atoms with Gasteiger partial charge in [-0.15, -0.1) is 0 Å². The van der Waals surface area contributed by atoms with Crippen molar-refractivity contribution in [2.24, 2.45) is 0 Å². The molecule has 6 rings (SSSR count). The number of aromatic nitrogens is 3. The molecule has 1 amide bonds. The molecule has 6 nitrogen and oxygen atoms in total. The molecule has 0 aliphatic carbocycles. The molecule has 0 bridgehead atoms. The van der Waals surface area contributed by atoms with Crippen LogP contribution in [-0.2, 0) is 13.2 Å². The molecule has 0 fully saturated rings. The topological polar surface area (TPSA) is 71.1 Å². The molecule has 0 radical (unpaired) electrons. The van der Waals surface area contributed by atoms with Gasteiger partial charge >= 0.3 is 0 Å². The first-order valence-electron chi connectivity index (χ1n) is 12.1. The Kier molecular flexibility index (Phi) is 6.58. The third-order valence-corrected chi connectivity index (χ3v) is 7.25. The Labute approximate surface area is 229 Å². The summed E-state index contributed by atoms with van der Waals surface area (Å²) in [5.74, 6) is 0.609. The number of H-pyrrole nitrogens is 1. The van der Waals surface area contributed by atoms with E-state index >= 15 is 0 Å². The maximum Gasteiger partial charge on any atom is 0.273 e. The van der Waals surface area contributed by atoms with Crippen LogP contribution in [0.4, 0.5) is 0 Å². The minimum atomic E-state index is -0.340. The Morgan fingerprint density at radius 1 is 0.895 bits per heavy atom. The highest BCUT2D eigenvalue weighted by Gasteiger charge is 2.42. The summed E-state index contributed by atoms with van der Waals surface area (Å²) in [5.41, 5.74) is 5.81. The first-order valence-corrected chi connectivity index (χ1v) is 12.8. The van der Waals surface area contributed by atoms with Gasteiger partial charge in [0.2, 0.25) is 0 Å². The second-order valence-electron chi connectivity index (χ2n) is 9.01. The Morgan fingerprint density at radius 2 is 1.63 bits per heavy atom. The normalized spacial score (nSPS) is 14.5. The number of nitrogens with zero attached hydrogens (tertiary/aromatic N) is 3. The zero-order chi connectivity index (χ0) is 26.1. The van der Waals surface area contributed by atoms with Crippen LogP contribution in [0.15, 0.2) is 97.3 Å². The SMILES string of the molecule is O=C1c2[nH]nc(-c3ccc(Cl)cc3)c2C(c2ccc(OCc3ccccc3Cl)cc2)N1Cc1ccncc1. The molecule has 2 aromatic heterocycles. The zero-order valence-electron chi connectivity index (χ0n) is 20.1. The number of hydrogen-bond donors (Lipinski definition) is 1. The van der Waals surface area contributed by atoms with Gasteiger partial charge in [-0.25, -0.2) is 0 Å². The van der Waals surface area contributed by atoms with Crippen molar-refractivity contribution in [3.05, 3.63) is 135 Å². The number of nitrogens with one attached hydrogen (secondary N) is 1. The molecule has 0 saturated heterocycles. The molecular formula is C30H22Cl2N4O2. The number of fused-ring (bicyclic) bond motifs is 1. The lowest BCUT2D eigenvalue weighted by atomic mass is 9.96. The number of pyridine rings is 1. The fraction of sp³-hybridized carbons (Fsp3) is 0.100. The predicted octanol–water partition coefficient (Wildman–Crippen LogP) is 7.10. The predicted molar refractivity (Wildman–Crippen MR) is 147 cm³/mol. The van der Waals surface area contributed by atoms with Crippen LogP contribution in [-0.4, -0.2) is 26.0 Å². The lowest BCUT2D eigenvalue weighted by molar-refractivity contribution is 0.0730. The summed E-state index contributed by atoms with van der Waals surface area (Å²) < 4.78 is 5.99. The van der Waals surface area contributed by atoms with E-state index in [1.165, 1.54) is 0 Å². The van der Waals surface area contributed by atoms with Gasteiger partial charge in [0.1, 0.15) is 18.1 Å². The van der Waals surface area contributed by atoms with E-state index in [1.807, 2.05) is 89.8 Å². The van der Waals surface area contributed by atoms with Crippen molar-refractivity contribution in [1.29, 1.82) is 0 Å². The molecule has 3 heterocycles. The molecule has 1 aliphatic rings. The highest BCUT2D eigenvalue weighted by Crippen LogP contribution is 2.44. The summed E-state index contributed by atoms with van der Waals surface area (Å²) >= 11 is 12.4. The molecule has 0 spiro atoms. The van der Waals surface area contributed by atoms with Gasteiger partial charge in [-0.3, -0.25) is 14.9 Å². The van der Waals surface area contributed by atoms with Crippen LogP contribution in [0.25, 0.3) is 11.3 Å². The van der Waals surface area contributed by atoms with Crippen molar-refractivity contribution in [3.8, 4) is 17.0 Å². The number of ether oxygens (including phenoxy) is 1. The van der Waals surface area contributed by atoms with E-state index in [4.69, 9.17) is 27.9 Å². The molecule has 1 N–H and O–H groups in total. The number of rotatable bonds is 7. The van der Waals surface area contributed by atoms with Gasteiger partial charge < -0.3 is 9.64 Å². The van der Waals surface area contributed by atoms with Gasteiger partial charge in [0.15, 0.2) is 0 Å². The zero-order valence-corrected chi connectivity index (χ0v) is 21.7. The molecule has 1 atom stereocenters. The number of hydrogen-bond acceptors (Lipinski definition) is 4. The van der Waals surface area contributed by atoms with Crippen molar-refractivity contribution in [1.82, 2.24) is 20.1 Å². The lowest BCUT2D eigenvalue weighted by Gasteiger charge is -2.26. The minimum Gasteiger partial charge on any atom is -0.489 e. The van der Waals surface area contributed by atoms with E-state index in [9.17, 15) is 4.79 Å². The van der Waals surface area contributed by atoms with Crippen LogP contribution in [0.1, 0.15) is 38.8 Å². The van der Waals surface area contributed by atoms with Gasteiger partial charge in [-0.05, 0) is 53.6 Å². The number of carbonyl (C=O) groups is 1. The molecule has 8 heteroatoms. The maximum absolute atomic E-state index is 13.6. The maximum atomic E-state index is 13.6. The van der Waals surface area contributed by atoms with Crippen molar-refractivity contribution in [2.75, 3.05) is 0 Å². The third kappa shape index (κ3) is 4.64.